The molecule has 0 aliphatic carbocycles. The van der Waals surface area contributed by atoms with Crippen molar-refractivity contribution in [2.45, 2.75) is 69.9 Å². The average Bonchev–Trinajstić information content (AvgIpc) is 3.50. The van der Waals surface area contributed by atoms with Crippen molar-refractivity contribution in [2.24, 2.45) is 5.92 Å². The van der Waals surface area contributed by atoms with Gasteiger partial charge in [0.05, 0.1) is 25.4 Å². The first-order valence-electron chi connectivity index (χ1n) is 19.1. The van der Waals surface area contributed by atoms with Gasteiger partial charge in [-0.15, -0.1) is 0 Å². The highest BCUT2D eigenvalue weighted by Crippen LogP contribution is 2.44. The van der Waals surface area contributed by atoms with E-state index in [1.54, 1.807) is 0 Å². The number of hydrogen-bond donors (Lipinski definition) is 2. The van der Waals surface area contributed by atoms with Gasteiger partial charge in [0, 0.05) is 60.3 Å². The first kappa shape index (κ1) is 38.5. The van der Waals surface area contributed by atoms with Gasteiger partial charge in [-0.3, -0.25) is 9.29 Å². The molecule has 10 heteroatoms. The number of aromatic nitrogens is 1. The predicted molar refractivity (Wildman–Crippen MR) is 210 cm³/mol. The van der Waals surface area contributed by atoms with Crippen molar-refractivity contribution >= 4 is 29.6 Å². The number of aromatic amines is 1. The minimum Gasteiger partial charge on any atom is -0.404 e. The van der Waals surface area contributed by atoms with Gasteiger partial charge < -0.3 is 19.4 Å². The minimum atomic E-state index is -3.04. The number of likely N-dealkylation sites (tertiary alicyclic amines) is 1. The van der Waals surface area contributed by atoms with Crippen LogP contribution in [-0.2, 0) is 10.8 Å². The minimum absolute atomic E-state index is 0.112. The van der Waals surface area contributed by atoms with Crippen molar-refractivity contribution in [1.29, 1.82) is 0 Å². The summed E-state index contributed by atoms with van der Waals surface area (Å²) in [6.07, 6.45) is -1.56. The molecule has 0 bridgehead atoms. The highest BCUT2D eigenvalue weighted by molar-refractivity contribution is 6.99. The van der Waals surface area contributed by atoms with E-state index in [-0.39, 0.29) is 41.3 Å². The summed E-state index contributed by atoms with van der Waals surface area (Å²) in [5.74, 6) is -1.78. The number of nitrogens with one attached hydrogen (secondary N) is 1. The van der Waals surface area contributed by atoms with Gasteiger partial charge >= 0.3 is 0 Å². The third kappa shape index (κ3) is 7.19. The van der Waals surface area contributed by atoms with Crippen molar-refractivity contribution in [1.82, 2.24) is 14.8 Å². The summed E-state index contributed by atoms with van der Waals surface area (Å²) in [7, 11) is -3.04. The van der Waals surface area contributed by atoms with Gasteiger partial charge in [0.2, 0.25) is 0 Å². The lowest BCUT2D eigenvalue weighted by molar-refractivity contribution is -0.00641. The highest BCUT2D eigenvalue weighted by atomic mass is 28.4. The molecule has 4 aromatic carbocycles. The van der Waals surface area contributed by atoms with Crippen LogP contribution >= 0.6 is 0 Å². The number of rotatable bonds is 13. The third-order valence-electron chi connectivity index (χ3n) is 11.6. The van der Waals surface area contributed by atoms with E-state index in [1.807, 2.05) is 77.4 Å². The molecule has 2 N–H and O–H groups in total. The van der Waals surface area contributed by atoms with Crippen LogP contribution in [0, 0.1) is 17.6 Å². The first-order chi connectivity index (χ1) is 25.9. The Bertz CT molecular complexity index is 1970. The highest BCUT2D eigenvalue weighted by Gasteiger charge is 2.51. The smallest absolute Gasteiger partial charge is 0.261 e. The monoisotopic (exact) mass is 757 g/mol. The lowest BCUT2D eigenvalue weighted by atomic mass is 9.85. The summed E-state index contributed by atoms with van der Waals surface area (Å²) >= 11 is 0. The number of nitrogens with zero attached hydrogens (tertiary/aromatic N) is 2. The third-order valence-corrected chi connectivity index (χ3v) is 16.6. The molecule has 5 aromatic rings. The number of aliphatic hydroxyl groups excluding tert-OH is 1. The number of fused-ring (bicyclic) bond motifs is 3. The average molecular weight is 758 g/mol. The molecule has 54 heavy (non-hydrogen) atoms. The zero-order valence-electron chi connectivity index (χ0n) is 31.5. The van der Waals surface area contributed by atoms with E-state index >= 15 is 13.2 Å². The van der Waals surface area contributed by atoms with Gasteiger partial charge in [0.25, 0.3) is 8.32 Å². The van der Waals surface area contributed by atoms with Crippen LogP contribution in [-0.4, -0.2) is 79.9 Å². The van der Waals surface area contributed by atoms with E-state index in [4.69, 9.17) is 4.43 Å². The second-order valence-corrected chi connectivity index (χ2v) is 20.5. The number of benzene rings is 4. The number of hydrogen-bond acceptors (Lipinski definition) is 4. The maximum absolute atomic E-state index is 16.8. The second kappa shape index (κ2) is 15.7. The molecule has 7 rings (SSSR count). The molecule has 4 atom stereocenters. The molecule has 0 amide bonds. The molecule has 2 aliphatic heterocycles. The van der Waals surface area contributed by atoms with Gasteiger partial charge in [-0.2, -0.15) is 0 Å². The van der Waals surface area contributed by atoms with E-state index in [0.29, 0.717) is 38.2 Å². The Morgan fingerprint density at radius 3 is 2.09 bits per heavy atom. The fourth-order valence-corrected chi connectivity index (χ4v) is 13.5. The molecule has 2 unspecified atom stereocenters. The Hall–Kier alpha value is -3.80. The fourth-order valence-electron chi connectivity index (χ4n) is 8.94. The van der Waals surface area contributed by atoms with Gasteiger partial charge in [0.15, 0.2) is 0 Å². The van der Waals surface area contributed by atoms with Crippen molar-refractivity contribution < 1.29 is 27.1 Å². The van der Waals surface area contributed by atoms with Crippen LogP contribution in [0.3, 0.4) is 0 Å². The molecular weight excluding hydrogens is 707 g/mol. The Kier molecular flexibility index (Phi) is 11.2. The summed E-state index contributed by atoms with van der Waals surface area (Å²) in [5, 5.41) is 13.9. The number of alkyl halides is 2. The molecule has 5 nitrogen and oxygen atoms in total. The number of halogens is 4. The van der Waals surface area contributed by atoms with Crippen LogP contribution in [0.4, 0.5) is 17.6 Å². The van der Waals surface area contributed by atoms with E-state index in [0.717, 1.165) is 26.8 Å². The largest absolute Gasteiger partial charge is 0.404 e. The molecule has 0 saturated carbocycles. The Labute approximate surface area is 317 Å². The van der Waals surface area contributed by atoms with Crippen LogP contribution in [0.15, 0.2) is 97.1 Å². The molecule has 0 radical (unpaired) electrons. The van der Waals surface area contributed by atoms with Crippen LogP contribution in [0.1, 0.15) is 68.6 Å². The molecule has 3 heterocycles. The van der Waals surface area contributed by atoms with E-state index in [2.05, 4.69) is 50.0 Å². The SMILES string of the molecule is C[C@@H]1Cc2c([nH]c3ccccc23)[C@@H](c2c(F)cc(C(O)C3CN(CCCF)C3)cc2F)N1CC(F)CO[Si](c1ccccc1)(c1ccccc1)C(C)(C)C. The summed E-state index contributed by atoms with van der Waals surface area (Å²) in [5.41, 5.74) is 2.44. The van der Waals surface area contributed by atoms with Gasteiger partial charge in [-0.25, -0.2) is 13.2 Å². The van der Waals surface area contributed by atoms with Crippen molar-refractivity contribution in [3.05, 3.63) is 131 Å². The normalized spacial score (nSPS) is 19.8. The predicted octanol–water partition coefficient (Wildman–Crippen LogP) is 8.02. The second-order valence-electron chi connectivity index (χ2n) is 16.2. The van der Waals surface area contributed by atoms with E-state index in [1.165, 1.54) is 12.1 Å². The lowest BCUT2D eigenvalue weighted by Gasteiger charge is -2.44. The topological polar surface area (TPSA) is 51.7 Å². The lowest BCUT2D eigenvalue weighted by Crippen LogP contribution is -2.67. The molecule has 0 spiro atoms. The maximum Gasteiger partial charge on any atom is 0.261 e. The van der Waals surface area contributed by atoms with E-state index < -0.39 is 44.9 Å². The van der Waals surface area contributed by atoms with Gasteiger partial charge in [-0.05, 0) is 64.5 Å². The van der Waals surface area contributed by atoms with E-state index in [9.17, 15) is 9.50 Å². The van der Waals surface area contributed by atoms with Gasteiger partial charge in [0.1, 0.15) is 17.8 Å². The first-order valence-corrected chi connectivity index (χ1v) is 21.0. The maximum atomic E-state index is 16.8. The van der Waals surface area contributed by atoms with Crippen molar-refractivity contribution in [2.75, 3.05) is 39.5 Å². The summed E-state index contributed by atoms with van der Waals surface area (Å²) < 4.78 is 69.5. The molecule has 1 aromatic heterocycles. The van der Waals surface area contributed by atoms with Crippen LogP contribution in [0.2, 0.25) is 5.04 Å². The summed E-state index contributed by atoms with van der Waals surface area (Å²) in [6.45, 7) is 9.36. The number of para-hydroxylation sites is 1. The molecular formula is C44H51F4N3O2Si. The summed E-state index contributed by atoms with van der Waals surface area (Å²) in [6, 6.07) is 29.2. The van der Waals surface area contributed by atoms with Crippen LogP contribution < -0.4 is 10.4 Å². The molecule has 2 aliphatic rings. The molecule has 1 saturated heterocycles. The zero-order valence-corrected chi connectivity index (χ0v) is 32.5. The zero-order chi connectivity index (χ0) is 38.2. The Balaban J connectivity index is 1.21. The quantitative estimate of drug-likeness (QED) is 0.0945. The molecule has 286 valence electrons. The number of aliphatic hydroxyl groups is 1. The van der Waals surface area contributed by atoms with Gasteiger partial charge in [-0.1, -0.05) is 99.6 Å². The number of H-pyrrole nitrogens is 1. The Morgan fingerprint density at radius 2 is 1.50 bits per heavy atom. The Morgan fingerprint density at radius 1 is 0.907 bits per heavy atom. The van der Waals surface area contributed by atoms with Crippen LogP contribution in [0.25, 0.3) is 10.9 Å². The molecule has 1 fully saturated rings. The van der Waals surface area contributed by atoms with Crippen molar-refractivity contribution in [3.8, 4) is 0 Å². The standard InChI is InChI=1S/C44H51F4N3O2Si/c1-29-22-36-35-18-11-12-19-39(35)49-41(36)42(40-37(47)23-30(24-38(40)48)43(52)31-25-50(26-31)21-13-20-45)51(29)27-32(46)28-53-54(44(2,3)4,33-14-7-5-8-15-33)34-16-9-6-10-17-34/h5-12,14-19,23-24,29,31-32,42-43,49,52H,13,20-22,25-28H2,1-4H3/t29-,32?,42-,43?/m1/s1. The fraction of sp³-hybridized carbons (Fsp3) is 0.409. The van der Waals surface area contributed by atoms with Crippen LogP contribution in [0.5, 0.6) is 0 Å². The van der Waals surface area contributed by atoms with Crippen molar-refractivity contribution in [3.63, 3.8) is 0 Å². The summed E-state index contributed by atoms with van der Waals surface area (Å²) in [4.78, 5) is 7.34.